The number of nitrogens with zero attached hydrogens (tertiary/aromatic N) is 7. The summed E-state index contributed by atoms with van der Waals surface area (Å²) in [6, 6.07) is 10.2. The second-order valence-corrected chi connectivity index (χ2v) is 16.5. The number of benzene rings is 1. The van der Waals surface area contributed by atoms with Crippen LogP contribution in [0, 0.1) is 5.41 Å². The maximum atomic E-state index is 14.0. The minimum atomic E-state index is -0.384. The second-order valence-electron chi connectivity index (χ2n) is 16.5. The van der Waals surface area contributed by atoms with Crippen molar-refractivity contribution < 1.29 is 19.4 Å². The summed E-state index contributed by atoms with van der Waals surface area (Å²) in [6.07, 6.45) is 12.5. The number of hydrogen-bond acceptors (Lipinski definition) is 10. The van der Waals surface area contributed by atoms with Gasteiger partial charge in [-0.15, -0.1) is 0 Å². The highest BCUT2D eigenvalue weighted by Gasteiger charge is 2.45. The minimum absolute atomic E-state index is 0.0649. The van der Waals surface area contributed by atoms with Crippen molar-refractivity contribution >= 4 is 40.5 Å². The van der Waals surface area contributed by atoms with Gasteiger partial charge in [0.2, 0.25) is 5.91 Å². The molecule has 2 saturated heterocycles. The molecule has 0 radical (unpaired) electrons. The topological polar surface area (TPSA) is 150 Å². The molecule has 14 heteroatoms. The van der Waals surface area contributed by atoms with E-state index in [-0.39, 0.29) is 35.8 Å². The summed E-state index contributed by atoms with van der Waals surface area (Å²) in [4.78, 5) is 56.2. The number of aromatic nitrogens is 4. The molecular formula is C43H51N9O5. The number of aliphatic hydroxyl groups excluding tert-OH is 1. The van der Waals surface area contributed by atoms with Crippen molar-refractivity contribution in [3.8, 4) is 11.3 Å². The van der Waals surface area contributed by atoms with Crippen molar-refractivity contribution in [1.82, 2.24) is 24.0 Å². The van der Waals surface area contributed by atoms with Crippen molar-refractivity contribution in [2.24, 2.45) is 12.5 Å². The van der Waals surface area contributed by atoms with E-state index >= 15 is 0 Å². The number of rotatable bonds is 9. The van der Waals surface area contributed by atoms with Crippen LogP contribution in [0.15, 0.2) is 60.2 Å². The molecule has 9 rings (SSSR count). The Hall–Kier alpha value is -5.31. The molecule has 1 unspecified atom stereocenters. The number of ether oxygens (including phenoxy) is 1. The Bertz CT molecular complexity index is 2310. The lowest BCUT2D eigenvalue weighted by Gasteiger charge is -2.45. The number of carbonyl (C=O) groups excluding carboxylic acids is 2. The normalized spacial score (nSPS) is 20.6. The first-order chi connectivity index (χ1) is 27.6. The highest BCUT2D eigenvalue weighted by molar-refractivity contribution is 6.06. The zero-order chi connectivity index (χ0) is 39.4. The second kappa shape index (κ2) is 14.9. The zero-order valence-corrected chi connectivity index (χ0v) is 32.8. The molecule has 0 bridgehead atoms. The minimum Gasteiger partial charge on any atom is -0.392 e. The molecule has 3 fully saturated rings. The largest absolute Gasteiger partial charge is 0.392 e. The summed E-state index contributed by atoms with van der Waals surface area (Å²) in [7, 11) is 1.65. The van der Waals surface area contributed by atoms with E-state index in [1.807, 2.05) is 18.2 Å². The van der Waals surface area contributed by atoms with E-state index in [0.29, 0.717) is 64.3 Å². The lowest BCUT2D eigenvalue weighted by Crippen LogP contribution is -2.56. The number of piperazine rings is 1. The van der Waals surface area contributed by atoms with Gasteiger partial charge in [0.1, 0.15) is 11.5 Å². The van der Waals surface area contributed by atoms with Crippen LogP contribution >= 0.6 is 0 Å². The van der Waals surface area contributed by atoms with Gasteiger partial charge in [-0.2, -0.15) is 0 Å². The fourth-order valence-corrected chi connectivity index (χ4v) is 9.87. The number of hydrogen-bond donors (Lipinski definition) is 3. The van der Waals surface area contributed by atoms with E-state index in [1.54, 1.807) is 30.4 Å². The maximum Gasteiger partial charge on any atom is 0.293 e. The highest BCUT2D eigenvalue weighted by Crippen LogP contribution is 2.52. The Balaban J connectivity index is 0.984. The number of fused-ring (bicyclic) bond motifs is 3. The smallest absolute Gasteiger partial charge is 0.293 e. The Morgan fingerprint density at radius 1 is 1.09 bits per heavy atom. The molecule has 6 heterocycles. The van der Waals surface area contributed by atoms with Crippen molar-refractivity contribution in [2.75, 3.05) is 59.8 Å². The van der Waals surface area contributed by atoms with E-state index < -0.39 is 0 Å². The third kappa shape index (κ3) is 6.72. The summed E-state index contributed by atoms with van der Waals surface area (Å²) in [6.45, 7) is 10.8. The molecule has 2 amide bonds. The van der Waals surface area contributed by atoms with Crippen LogP contribution in [-0.2, 0) is 42.6 Å². The van der Waals surface area contributed by atoms with Gasteiger partial charge in [-0.1, -0.05) is 13.0 Å². The highest BCUT2D eigenvalue weighted by atomic mass is 16.5. The van der Waals surface area contributed by atoms with E-state index in [1.165, 1.54) is 41.2 Å². The number of nitrogens with one attached hydrogen (secondary N) is 2. The van der Waals surface area contributed by atoms with Crippen LogP contribution in [0.4, 0.5) is 28.7 Å². The van der Waals surface area contributed by atoms with Gasteiger partial charge in [0, 0.05) is 100.0 Å². The number of anilines is 5. The molecule has 3 N–H and O–H groups in total. The molecule has 1 atom stereocenters. The van der Waals surface area contributed by atoms with Crippen molar-refractivity contribution in [2.45, 2.75) is 77.1 Å². The predicted molar refractivity (Wildman–Crippen MR) is 219 cm³/mol. The van der Waals surface area contributed by atoms with Crippen molar-refractivity contribution in [3.63, 3.8) is 0 Å². The van der Waals surface area contributed by atoms with Gasteiger partial charge in [-0.05, 0) is 92.8 Å². The number of pyridine rings is 1. The average Bonchev–Trinajstić information content (AvgIpc) is 3.77. The molecule has 1 aromatic carbocycles. The monoisotopic (exact) mass is 773 g/mol. The van der Waals surface area contributed by atoms with Crippen LogP contribution in [-0.4, -0.2) is 92.4 Å². The first-order valence-electron chi connectivity index (χ1n) is 20.3. The molecule has 3 aromatic heterocycles. The molecule has 298 valence electrons. The van der Waals surface area contributed by atoms with Crippen molar-refractivity contribution in [3.05, 3.63) is 88.2 Å². The van der Waals surface area contributed by atoms with Crippen LogP contribution in [0.5, 0.6) is 0 Å². The fourth-order valence-electron chi connectivity index (χ4n) is 9.87. The molecule has 4 aromatic rings. The molecule has 14 nitrogen and oxygen atoms in total. The molecule has 2 aliphatic carbocycles. The van der Waals surface area contributed by atoms with Crippen LogP contribution in [0.25, 0.3) is 11.3 Å². The van der Waals surface area contributed by atoms with Gasteiger partial charge >= 0.3 is 0 Å². The van der Waals surface area contributed by atoms with Crippen LogP contribution < -0.4 is 26.0 Å². The van der Waals surface area contributed by atoms with Gasteiger partial charge in [-0.3, -0.25) is 24.2 Å². The Labute approximate surface area is 332 Å². The summed E-state index contributed by atoms with van der Waals surface area (Å²) >= 11 is 0. The molecule has 1 saturated carbocycles. The van der Waals surface area contributed by atoms with Crippen LogP contribution in [0.1, 0.15) is 66.3 Å². The fraction of sp³-hybridized carbons (Fsp3) is 0.465. The SMILES string of the molecule is C=CC(=O)Nc1cc(Nc2nc(-c3ccnc(N4CCn5c(cc6c5CC5(CCC5)C6)C4=O)c3CO)cn(C)c2=O)ccc1N1CCN(C2CCOCC2)CC1C. The first kappa shape index (κ1) is 37.3. The summed E-state index contributed by atoms with van der Waals surface area (Å²) in [5.74, 6) is -0.0226. The van der Waals surface area contributed by atoms with E-state index in [4.69, 9.17) is 9.72 Å². The quantitative estimate of drug-likeness (QED) is 0.206. The first-order valence-corrected chi connectivity index (χ1v) is 20.3. The van der Waals surface area contributed by atoms with E-state index in [2.05, 4.69) is 49.6 Å². The summed E-state index contributed by atoms with van der Waals surface area (Å²) in [5.41, 5.74) is 6.79. The lowest BCUT2D eigenvalue weighted by atomic mass is 9.67. The van der Waals surface area contributed by atoms with Gasteiger partial charge in [0.05, 0.1) is 23.7 Å². The van der Waals surface area contributed by atoms with Crippen LogP contribution in [0.3, 0.4) is 0 Å². The van der Waals surface area contributed by atoms with Gasteiger partial charge < -0.3 is 34.5 Å². The number of aliphatic hydroxyl groups is 1. The standard InChI is InChI=1S/C43H51N9O5/c1-4-38(54)46-33-21-29(6-7-35(33)50-15-14-49(24-27(50)2)30-9-18-57-19-10-30)45-39-42(56)48(3)25-34(47-39)31-8-13-44-40(32(31)26-53)52-17-16-51-36(41(52)55)20-28-22-43(11-5-12-43)23-37(28)51/h4,6-8,13,20-21,25,27,30,53H,1,5,9-12,14-19,22-24,26H2,2-3H3,(H,45,47)(H,46,54). The number of amides is 2. The maximum absolute atomic E-state index is 14.0. The molecule has 5 aliphatic rings. The number of carbonyl (C=O) groups is 2. The predicted octanol–water partition coefficient (Wildman–Crippen LogP) is 4.62. The third-order valence-corrected chi connectivity index (χ3v) is 13.0. The zero-order valence-electron chi connectivity index (χ0n) is 32.8. The van der Waals surface area contributed by atoms with E-state index in [0.717, 1.165) is 64.2 Å². The Kier molecular flexibility index (Phi) is 9.74. The number of aryl methyl sites for hydroxylation is 1. The Morgan fingerprint density at radius 3 is 2.65 bits per heavy atom. The van der Waals surface area contributed by atoms with Crippen LogP contribution in [0.2, 0.25) is 0 Å². The molecule has 3 aliphatic heterocycles. The summed E-state index contributed by atoms with van der Waals surface area (Å²) < 4.78 is 9.23. The molecule has 57 heavy (non-hydrogen) atoms. The lowest BCUT2D eigenvalue weighted by molar-refractivity contribution is -0.111. The van der Waals surface area contributed by atoms with E-state index in [9.17, 15) is 19.5 Å². The van der Waals surface area contributed by atoms with Gasteiger partial charge in [0.15, 0.2) is 5.82 Å². The average molecular weight is 774 g/mol. The molecule has 1 spiro atoms. The van der Waals surface area contributed by atoms with Gasteiger partial charge in [0.25, 0.3) is 11.5 Å². The molecular weight excluding hydrogens is 723 g/mol. The summed E-state index contributed by atoms with van der Waals surface area (Å²) in [5, 5.41) is 17.0. The van der Waals surface area contributed by atoms with Gasteiger partial charge in [-0.25, -0.2) is 9.97 Å². The van der Waals surface area contributed by atoms with Crippen molar-refractivity contribution in [1.29, 1.82) is 0 Å². The third-order valence-electron chi connectivity index (χ3n) is 13.0. The Morgan fingerprint density at radius 2 is 1.91 bits per heavy atom.